The smallest absolute Gasteiger partial charge is 0.418 e. The summed E-state index contributed by atoms with van der Waals surface area (Å²) in [4.78, 5) is 12.1. The van der Waals surface area contributed by atoms with E-state index in [1.807, 2.05) is 48.5 Å². The van der Waals surface area contributed by atoms with Crippen molar-refractivity contribution in [3.8, 4) is 0 Å². The van der Waals surface area contributed by atoms with E-state index in [0.29, 0.717) is 5.69 Å². The number of anilines is 1. The average Bonchev–Trinajstić information content (AvgIpc) is 2.89. The van der Waals surface area contributed by atoms with Crippen molar-refractivity contribution in [2.24, 2.45) is 0 Å². The summed E-state index contributed by atoms with van der Waals surface area (Å²) >= 11 is 0. The van der Waals surface area contributed by atoms with Gasteiger partial charge in [0.1, 0.15) is 6.61 Å². The first-order valence-corrected chi connectivity index (χ1v) is 6.32. The Morgan fingerprint density at radius 3 is 2.70 bits per heavy atom. The third kappa shape index (κ3) is 2.36. The van der Waals surface area contributed by atoms with Crippen LogP contribution in [0.2, 0.25) is 0 Å². The molecule has 0 spiro atoms. The third-order valence-corrected chi connectivity index (χ3v) is 3.12. The number of carbonyl (C=O) groups is 1. The molecular weight excluding hydrogens is 252 g/mol. The first-order valence-electron chi connectivity index (χ1n) is 6.32. The van der Waals surface area contributed by atoms with Gasteiger partial charge in [-0.25, -0.2) is 4.79 Å². The Hall–Kier alpha value is -2.75. The Labute approximate surface area is 116 Å². The van der Waals surface area contributed by atoms with Gasteiger partial charge >= 0.3 is 6.09 Å². The molecule has 0 atom stereocenters. The van der Waals surface area contributed by atoms with Crippen LogP contribution in [0.3, 0.4) is 0 Å². The highest BCUT2D eigenvalue weighted by Crippen LogP contribution is 2.19. The van der Waals surface area contributed by atoms with Crippen LogP contribution in [0.1, 0.15) is 5.56 Å². The highest BCUT2D eigenvalue weighted by molar-refractivity contribution is 5.91. The summed E-state index contributed by atoms with van der Waals surface area (Å²) in [7, 11) is 0. The first kappa shape index (κ1) is 12.3. The van der Waals surface area contributed by atoms with Gasteiger partial charge in [0.25, 0.3) is 0 Å². The lowest BCUT2D eigenvalue weighted by atomic mass is 10.2. The summed E-state index contributed by atoms with van der Waals surface area (Å²) in [5, 5.41) is 0.918. The van der Waals surface area contributed by atoms with Crippen molar-refractivity contribution in [3.05, 3.63) is 66.4 Å². The summed E-state index contributed by atoms with van der Waals surface area (Å²) in [5.41, 5.74) is 8.14. The molecule has 1 aromatic heterocycles. The highest BCUT2D eigenvalue weighted by Gasteiger charge is 2.10. The minimum absolute atomic E-state index is 0.258. The number of rotatable bonds is 2. The van der Waals surface area contributed by atoms with Gasteiger partial charge < -0.3 is 10.5 Å². The standard InChI is InChI=1S/C16H14N2O2/c17-14-6-7-15-13(10-14)8-9-18(15)16(19)20-11-12-4-2-1-3-5-12/h1-10H,11,17H2. The molecule has 20 heavy (non-hydrogen) atoms. The van der Waals surface area contributed by atoms with E-state index in [1.165, 1.54) is 4.57 Å². The van der Waals surface area contributed by atoms with Crippen LogP contribution in [0, 0.1) is 0 Å². The molecule has 3 aromatic rings. The number of fused-ring (bicyclic) bond motifs is 1. The van der Waals surface area contributed by atoms with Gasteiger partial charge in [-0.1, -0.05) is 30.3 Å². The molecule has 2 N–H and O–H groups in total. The number of nitrogens with two attached hydrogens (primary N) is 1. The summed E-state index contributed by atoms with van der Waals surface area (Å²) in [6.45, 7) is 0.258. The molecule has 1 heterocycles. The maximum absolute atomic E-state index is 12.1. The Balaban J connectivity index is 1.79. The minimum Gasteiger partial charge on any atom is -0.444 e. The third-order valence-electron chi connectivity index (χ3n) is 3.12. The molecule has 0 unspecified atom stereocenters. The van der Waals surface area contributed by atoms with Crippen molar-refractivity contribution in [2.75, 3.05) is 5.73 Å². The molecule has 0 aliphatic rings. The maximum atomic E-state index is 12.1. The van der Waals surface area contributed by atoms with Crippen molar-refractivity contribution >= 4 is 22.7 Å². The summed E-state index contributed by atoms with van der Waals surface area (Å²) in [6.07, 6.45) is 1.30. The monoisotopic (exact) mass is 266 g/mol. The second kappa shape index (κ2) is 5.09. The minimum atomic E-state index is -0.395. The molecule has 0 saturated heterocycles. The number of aromatic nitrogens is 1. The van der Waals surface area contributed by atoms with Gasteiger partial charge in [-0.15, -0.1) is 0 Å². The molecule has 100 valence electrons. The van der Waals surface area contributed by atoms with Crippen molar-refractivity contribution in [3.63, 3.8) is 0 Å². The van der Waals surface area contributed by atoms with Crippen LogP contribution >= 0.6 is 0 Å². The van der Waals surface area contributed by atoms with E-state index in [2.05, 4.69) is 0 Å². The van der Waals surface area contributed by atoms with Crippen LogP contribution < -0.4 is 5.73 Å². The zero-order valence-corrected chi connectivity index (χ0v) is 10.8. The lowest BCUT2D eigenvalue weighted by Gasteiger charge is -2.06. The number of nitrogen functional groups attached to an aromatic ring is 1. The molecule has 0 radical (unpaired) electrons. The fraction of sp³-hybridized carbons (Fsp3) is 0.0625. The number of hydrogen-bond acceptors (Lipinski definition) is 3. The van der Waals surface area contributed by atoms with Crippen LogP contribution in [0.15, 0.2) is 60.8 Å². The molecule has 4 nitrogen and oxygen atoms in total. The molecule has 3 rings (SSSR count). The molecule has 0 aliphatic heterocycles. The van der Waals surface area contributed by atoms with E-state index in [1.54, 1.807) is 12.3 Å². The summed E-state index contributed by atoms with van der Waals surface area (Å²) in [6, 6.07) is 16.8. The Morgan fingerprint density at radius 2 is 1.90 bits per heavy atom. The zero-order chi connectivity index (χ0) is 13.9. The number of carbonyl (C=O) groups excluding carboxylic acids is 1. The van der Waals surface area contributed by atoms with E-state index in [-0.39, 0.29) is 6.61 Å². The highest BCUT2D eigenvalue weighted by atomic mass is 16.5. The summed E-state index contributed by atoms with van der Waals surface area (Å²) in [5.74, 6) is 0. The second-order valence-corrected chi connectivity index (χ2v) is 4.54. The van der Waals surface area contributed by atoms with Gasteiger partial charge in [0, 0.05) is 17.3 Å². The van der Waals surface area contributed by atoms with Crippen LogP contribution in [0.4, 0.5) is 10.5 Å². The largest absolute Gasteiger partial charge is 0.444 e. The van der Waals surface area contributed by atoms with E-state index in [9.17, 15) is 4.79 Å². The van der Waals surface area contributed by atoms with Crippen LogP contribution in [-0.4, -0.2) is 10.7 Å². The molecule has 0 saturated carbocycles. The second-order valence-electron chi connectivity index (χ2n) is 4.54. The SMILES string of the molecule is Nc1ccc2c(ccn2C(=O)OCc2ccccc2)c1. The van der Waals surface area contributed by atoms with Crippen LogP contribution in [-0.2, 0) is 11.3 Å². The number of nitrogens with zero attached hydrogens (tertiary/aromatic N) is 1. The normalized spacial score (nSPS) is 10.6. The molecular formula is C16H14N2O2. The molecule has 0 fully saturated rings. The van der Waals surface area contributed by atoms with Gasteiger partial charge in [0.05, 0.1) is 5.52 Å². The van der Waals surface area contributed by atoms with E-state index in [4.69, 9.17) is 10.5 Å². The van der Waals surface area contributed by atoms with Crippen molar-refractivity contribution in [1.82, 2.24) is 4.57 Å². The van der Waals surface area contributed by atoms with Crippen molar-refractivity contribution < 1.29 is 9.53 Å². The van der Waals surface area contributed by atoms with Gasteiger partial charge in [-0.2, -0.15) is 0 Å². The average molecular weight is 266 g/mol. The Morgan fingerprint density at radius 1 is 1.10 bits per heavy atom. The van der Waals surface area contributed by atoms with Gasteiger partial charge in [0.2, 0.25) is 0 Å². The van der Waals surface area contributed by atoms with Gasteiger partial charge in [-0.3, -0.25) is 4.57 Å². The number of ether oxygens (including phenoxy) is 1. The van der Waals surface area contributed by atoms with Crippen LogP contribution in [0.25, 0.3) is 10.9 Å². The fourth-order valence-electron chi connectivity index (χ4n) is 2.11. The first-order chi connectivity index (χ1) is 9.74. The quantitative estimate of drug-likeness (QED) is 0.723. The zero-order valence-electron chi connectivity index (χ0n) is 10.8. The lowest BCUT2D eigenvalue weighted by molar-refractivity contribution is 0.142. The van der Waals surface area contributed by atoms with Gasteiger partial charge in [-0.05, 0) is 29.8 Å². The lowest BCUT2D eigenvalue weighted by Crippen LogP contribution is -2.12. The van der Waals surface area contributed by atoms with Crippen molar-refractivity contribution in [1.29, 1.82) is 0 Å². The number of hydrogen-bond donors (Lipinski definition) is 1. The van der Waals surface area contributed by atoms with Crippen molar-refractivity contribution in [2.45, 2.75) is 6.61 Å². The van der Waals surface area contributed by atoms with E-state index < -0.39 is 6.09 Å². The van der Waals surface area contributed by atoms with Gasteiger partial charge in [0.15, 0.2) is 0 Å². The Bertz CT molecular complexity index is 748. The molecule has 4 heteroatoms. The molecule has 0 aliphatic carbocycles. The predicted octanol–water partition coefficient (Wildman–Crippen LogP) is 3.41. The maximum Gasteiger partial charge on any atom is 0.418 e. The molecule has 0 bridgehead atoms. The topological polar surface area (TPSA) is 57.2 Å². The van der Waals surface area contributed by atoms with E-state index in [0.717, 1.165) is 16.5 Å². The molecule has 2 aromatic carbocycles. The van der Waals surface area contributed by atoms with Crippen LogP contribution in [0.5, 0.6) is 0 Å². The van der Waals surface area contributed by atoms with E-state index >= 15 is 0 Å². The molecule has 0 amide bonds. The Kier molecular flexibility index (Phi) is 3.13. The number of benzene rings is 2. The fourth-order valence-corrected chi connectivity index (χ4v) is 2.11. The summed E-state index contributed by atoms with van der Waals surface area (Å²) < 4.78 is 6.79. The predicted molar refractivity (Wildman–Crippen MR) is 78.4 cm³/mol.